The van der Waals surface area contributed by atoms with Crippen molar-refractivity contribution in [1.82, 2.24) is 4.98 Å². The van der Waals surface area contributed by atoms with Crippen molar-refractivity contribution in [1.29, 1.82) is 0 Å². The smallest absolute Gasteiger partial charge is 0.335 e. The van der Waals surface area contributed by atoms with Gasteiger partial charge in [-0.05, 0) is 51.8 Å². The lowest BCUT2D eigenvalue weighted by Crippen LogP contribution is -1.98. The SMILES string of the molecule is O=C(O)c1cc(F)cc(CSc2ncccc2Br)c1. The van der Waals surface area contributed by atoms with E-state index in [1.54, 1.807) is 12.3 Å². The van der Waals surface area contributed by atoms with Gasteiger partial charge in [0.25, 0.3) is 0 Å². The van der Waals surface area contributed by atoms with Crippen molar-refractivity contribution in [3.8, 4) is 0 Å². The molecule has 0 fully saturated rings. The number of aromatic nitrogens is 1. The minimum absolute atomic E-state index is 0.0457. The number of hydrogen-bond acceptors (Lipinski definition) is 3. The third-order valence-corrected chi connectivity index (χ3v) is 4.28. The van der Waals surface area contributed by atoms with Gasteiger partial charge >= 0.3 is 5.97 Å². The summed E-state index contributed by atoms with van der Waals surface area (Å²) in [6.45, 7) is 0. The van der Waals surface area contributed by atoms with Gasteiger partial charge in [0, 0.05) is 16.4 Å². The van der Waals surface area contributed by atoms with Crippen molar-refractivity contribution in [2.24, 2.45) is 0 Å². The lowest BCUT2D eigenvalue weighted by Gasteiger charge is -2.05. The van der Waals surface area contributed by atoms with Crippen LogP contribution >= 0.6 is 27.7 Å². The second-order valence-electron chi connectivity index (χ2n) is 3.73. The Morgan fingerprint density at radius 3 is 2.89 bits per heavy atom. The fourth-order valence-corrected chi connectivity index (χ4v) is 2.90. The van der Waals surface area contributed by atoms with Gasteiger partial charge in [-0.15, -0.1) is 11.8 Å². The van der Waals surface area contributed by atoms with Crippen LogP contribution in [0.1, 0.15) is 15.9 Å². The number of pyridine rings is 1. The number of rotatable bonds is 4. The van der Waals surface area contributed by atoms with Crippen LogP contribution in [-0.2, 0) is 5.75 Å². The Hall–Kier alpha value is -1.40. The number of carboxylic acid groups (broad SMARTS) is 1. The van der Waals surface area contributed by atoms with Gasteiger partial charge in [0.15, 0.2) is 0 Å². The molecular formula is C13H9BrFNO2S. The molecule has 0 bridgehead atoms. The third kappa shape index (κ3) is 3.78. The third-order valence-electron chi connectivity index (χ3n) is 2.30. The molecule has 0 aliphatic carbocycles. The number of halogens is 2. The Morgan fingerprint density at radius 1 is 1.42 bits per heavy atom. The maximum Gasteiger partial charge on any atom is 0.335 e. The van der Waals surface area contributed by atoms with Gasteiger partial charge in [0.1, 0.15) is 10.8 Å². The average Bonchev–Trinajstić information content (AvgIpc) is 2.37. The van der Waals surface area contributed by atoms with Crippen LogP contribution in [0.5, 0.6) is 0 Å². The number of carboxylic acids is 1. The van der Waals surface area contributed by atoms with Crippen LogP contribution in [-0.4, -0.2) is 16.1 Å². The van der Waals surface area contributed by atoms with Crippen molar-refractivity contribution in [2.45, 2.75) is 10.8 Å². The monoisotopic (exact) mass is 341 g/mol. The summed E-state index contributed by atoms with van der Waals surface area (Å²) in [5.74, 6) is -1.23. The average molecular weight is 342 g/mol. The molecule has 98 valence electrons. The highest BCUT2D eigenvalue weighted by Gasteiger charge is 2.08. The van der Waals surface area contributed by atoms with E-state index in [2.05, 4.69) is 20.9 Å². The van der Waals surface area contributed by atoms with E-state index in [1.807, 2.05) is 6.07 Å². The molecule has 0 unspecified atom stereocenters. The van der Waals surface area contributed by atoms with Crippen LogP contribution in [0.15, 0.2) is 46.0 Å². The summed E-state index contributed by atoms with van der Waals surface area (Å²) >= 11 is 4.78. The van der Waals surface area contributed by atoms with Crippen molar-refractivity contribution in [3.05, 3.63) is 57.9 Å². The highest BCUT2D eigenvalue weighted by atomic mass is 79.9. The fourth-order valence-electron chi connectivity index (χ4n) is 1.49. The first-order chi connectivity index (χ1) is 9.06. The van der Waals surface area contributed by atoms with Crippen LogP contribution < -0.4 is 0 Å². The van der Waals surface area contributed by atoms with Crippen LogP contribution in [0, 0.1) is 5.82 Å². The number of nitrogens with zero attached hydrogens (tertiary/aromatic N) is 1. The van der Waals surface area contributed by atoms with Crippen molar-refractivity contribution >= 4 is 33.7 Å². The predicted molar refractivity (Wildman–Crippen MR) is 74.9 cm³/mol. The van der Waals surface area contributed by atoms with Gasteiger partial charge in [-0.3, -0.25) is 0 Å². The van der Waals surface area contributed by atoms with Gasteiger partial charge in [0.05, 0.1) is 5.56 Å². The second kappa shape index (κ2) is 6.16. The van der Waals surface area contributed by atoms with E-state index in [4.69, 9.17) is 5.11 Å². The Kier molecular flexibility index (Phi) is 4.55. The van der Waals surface area contributed by atoms with E-state index < -0.39 is 11.8 Å². The molecule has 6 heteroatoms. The number of aromatic carboxylic acids is 1. The molecule has 1 aromatic carbocycles. The van der Waals surface area contributed by atoms with Crippen molar-refractivity contribution in [2.75, 3.05) is 0 Å². The molecular weight excluding hydrogens is 333 g/mol. The Labute approximate surface area is 122 Å². The van der Waals surface area contributed by atoms with Gasteiger partial charge < -0.3 is 5.11 Å². The molecule has 19 heavy (non-hydrogen) atoms. The van der Waals surface area contributed by atoms with Crippen LogP contribution in [0.25, 0.3) is 0 Å². The molecule has 1 heterocycles. The number of carbonyl (C=O) groups is 1. The second-order valence-corrected chi connectivity index (χ2v) is 5.55. The molecule has 0 radical (unpaired) electrons. The first-order valence-electron chi connectivity index (χ1n) is 5.32. The molecule has 2 aromatic rings. The van der Waals surface area contributed by atoms with E-state index in [0.29, 0.717) is 11.3 Å². The van der Waals surface area contributed by atoms with Crippen molar-refractivity contribution < 1.29 is 14.3 Å². The largest absolute Gasteiger partial charge is 0.478 e. The van der Waals surface area contributed by atoms with Gasteiger partial charge in [-0.2, -0.15) is 0 Å². The van der Waals surface area contributed by atoms with E-state index in [9.17, 15) is 9.18 Å². The summed E-state index contributed by atoms with van der Waals surface area (Å²) in [4.78, 5) is 15.0. The summed E-state index contributed by atoms with van der Waals surface area (Å²) in [6, 6.07) is 7.47. The van der Waals surface area contributed by atoms with Crippen LogP contribution in [0.4, 0.5) is 4.39 Å². The Bertz CT molecular complexity index is 621. The Balaban J connectivity index is 2.16. The molecule has 0 atom stereocenters. The van der Waals surface area contributed by atoms with Crippen LogP contribution in [0.3, 0.4) is 0 Å². The minimum Gasteiger partial charge on any atom is -0.478 e. The summed E-state index contributed by atoms with van der Waals surface area (Å²) in [5.41, 5.74) is 0.565. The van der Waals surface area contributed by atoms with Crippen LogP contribution in [0.2, 0.25) is 0 Å². The molecule has 0 amide bonds. The zero-order chi connectivity index (χ0) is 13.8. The lowest BCUT2D eigenvalue weighted by molar-refractivity contribution is 0.0696. The maximum atomic E-state index is 13.3. The van der Waals surface area contributed by atoms with Gasteiger partial charge in [-0.1, -0.05) is 0 Å². The summed E-state index contributed by atoms with van der Waals surface area (Å²) in [5, 5.41) is 9.65. The fraction of sp³-hybridized carbons (Fsp3) is 0.0769. The van der Waals surface area contributed by atoms with Gasteiger partial charge in [0.2, 0.25) is 0 Å². The highest BCUT2D eigenvalue weighted by molar-refractivity contribution is 9.10. The molecule has 0 saturated heterocycles. The molecule has 0 aliphatic heterocycles. The number of hydrogen-bond donors (Lipinski definition) is 1. The molecule has 1 N–H and O–H groups in total. The first kappa shape index (κ1) is 14.0. The van der Waals surface area contributed by atoms with E-state index in [1.165, 1.54) is 23.9 Å². The summed E-state index contributed by atoms with van der Waals surface area (Å²) in [7, 11) is 0. The maximum absolute atomic E-state index is 13.3. The van der Waals surface area contributed by atoms with E-state index >= 15 is 0 Å². The standard InChI is InChI=1S/C13H9BrFNO2S/c14-11-2-1-3-16-12(11)19-7-8-4-9(13(17)18)6-10(15)5-8/h1-6H,7H2,(H,17,18). The zero-order valence-corrected chi connectivity index (χ0v) is 12.0. The van der Waals surface area contributed by atoms with Crippen molar-refractivity contribution in [3.63, 3.8) is 0 Å². The molecule has 3 nitrogen and oxygen atoms in total. The topological polar surface area (TPSA) is 50.2 Å². The lowest BCUT2D eigenvalue weighted by atomic mass is 10.1. The summed E-state index contributed by atoms with van der Waals surface area (Å²) < 4.78 is 14.2. The molecule has 0 saturated carbocycles. The first-order valence-corrected chi connectivity index (χ1v) is 7.10. The van der Waals surface area contributed by atoms with Gasteiger partial charge in [-0.25, -0.2) is 14.2 Å². The molecule has 0 aliphatic rings. The predicted octanol–water partition coefficient (Wildman–Crippen LogP) is 3.97. The minimum atomic E-state index is -1.13. The van der Waals surface area contributed by atoms with E-state index in [-0.39, 0.29) is 5.56 Å². The normalized spacial score (nSPS) is 10.4. The summed E-state index contributed by atoms with van der Waals surface area (Å²) in [6.07, 6.45) is 1.67. The Morgan fingerprint density at radius 2 is 2.21 bits per heavy atom. The molecule has 2 rings (SSSR count). The number of thioether (sulfide) groups is 1. The number of benzene rings is 1. The van der Waals surface area contributed by atoms with E-state index in [0.717, 1.165) is 15.6 Å². The highest BCUT2D eigenvalue weighted by Crippen LogP contribution is 2.28. The molecule has 1 aromatic heterocycles. The quantitative estimate of drug-likeness (QED) is 0.854. The molecule has 0 spiro atoms. The zero-order valence-electron chi connectivity index (χ0n) is 9.64.